The van der Waals surface area contributed by atoms with Crippen molar-refractivity contribution < 1.29 is 0 Å². The molecule has 1 aromatic carbocycles. The van der Waals surface area contributed by atoms with Gasteiger partial charge in [0.25, 0.3) is 0 Å². The maximum atomic E-state index is 6.11. The Hall–Kier alpha value is -0.350. The van der Waals surface area contributed by atoms with E-state index in [9.17, 15) is 0 Å². The molecular formula is C15H15BrClNS. The lowest BCUT2D eigenvalue weighted by atomic mass is 10.1. The minimum atomic E-state index is 0.324. The number of nitrogens with one attached hydrogen (secondary N) is 1. The van der Waals surface area contributed by atoms with E-state index in [1.54, 1.807) is 11.3 Å². The average molecular weight is 357 g/mol. The summed E-state index contributed by atoms with van der Waals surface area (Å²) in [4.78, 5) is 1.45. The Morgan fingerprint density at radius 1 is 1.42 bits per heavy atom. The number of fused-ring (bicyclic) bond motifs is 1. The molecule has 0 saturated heterocycles. The number of benzene rings is 1. The highest BCUT2D eigenvalue weighted by atomic mass is 79.9. The van der Waals surface area contributed by atoms with E-state index in [1.165, 1.54) is 22.4 Å². The number of halogens is 2. The standard InChI is InChI=1S/C15H15BrClNS/c1-9(10-4-2-3-5-12(10)16)18-13-6-7-14-11(13)8-15(17)19-14/h2-5,8-9,13,18H,6-7H2,1H3. The first kappa shape index (κ1) is 13.6. The van der Waals surface area contributed by atoms with E-state index >= 15 is 0 Å². The lowest BCUT2D eigenvalue weighted by Gasteiger charge is -2.21. The van der Waals surface area contributed by atoms with Crippen LogP contribution in [0, 0.1) is 0 Å². The molecule has 1 nitrogen and oxygen atoms in total. The fourth-order valence-electron chi connectivity index (χ4n) is 2.72. The first-order valence-corrected chi connectivity index (χ1v) is 8.42. The Labute approximate surface area is 131 Å². The van der Waals surface area contributed by atoms with Gasteiger partial charge < -0.3 is 5.32 Å². The molecule has 2 aromatic rings. The largest absolute Gasteiger partial charge is 0.303 e. The third-order valence-electron chi connectivity index (χ3n) is 3.67. The van der Waals surface area contributed by atoms with Crippen molar-refractivity contribution in [2.75, 3.05) is 0 Å². The highest BCUT2D eigenvalue weighted by Gasteiger charge is 2.26. The monoisotopic (exact) mass is 355 g/mol. The molecule has 0 radical (unpaired) electrons. The van der Waals surface area contributed by atoms with Crippen molar-refractivity contribution in [3.8, 4) is 0 Å². The Bertz CT molecular complexity index is 596. The molecular weight excluding hydrogens is 342 g/mol. The van der Waals surface area contributed by atoms with Crippen LogP contribution in [0.5, 0.6) is 0 Å². The van der Waals surface area contributed by atoms with Crippen LogP contribution < -0.4 is 5.32 Å². The Morgan fingerprint density at radius 2 is 2.21 bits per heavy atom. The third-order valence-corrected chi connectivity index (χ3v) is 5.73. The smallest absolute Gasteiger partial charge is 0.0934 e. The molecule has 0 bridgehead atoms. The molecule has 4 heteroatoms. The fourth-order valence-corrected chi connectivity index (χ4v) is 4.71. The van der Waals surface area contributed by atoms with Crippen molar-refractivity contribution in [1.29, 1.82) is 0 Å². The van der Waals surface area contributed by atoms with Crippen molar-refractivity contribution in [2.24, 2.45) is 0 Å². The van der Waals surface area contributed by atoms with Gasteiger partial charge in [-0.05, 0) is 43.0 Å². The zero-order valence-corrected chi connectivity index (χ0v) is 13.8. The molecule has 100 valence electrons. The van der Waals surface area contributed by atoms with Gasteiger partial charge in [0.2, 0.25) is 0 Å². The quantitative estimate of drug-likeness (QED) is 0.765. The molecule has 1 N–H and O–H groups in total. The summed E-state index contributed by atoms with van der Waals surface area (Å²) < 4.78 is 2.07. The van der Waals surface area contributed by atoms with Crippen molar-refractivity contribution in [3.05, 3.63) is 55.1 Å². The second kappa shape index (κ2) is 5.57. The van der Waals surface area contributed by atoms with Crippen LogP contribution >= 0.6 is 38.9 Å². The number of hydrogen-bond donors (Lipinski definition) is 1. The highest BCUT2D eigenvalue weighted by molar-refractivity contribution is 9.10. The minimum Gasteiger partial charge on any atom is -0.303 e. The van der Waals surface area contributed by atoms with Crippen LogP contribution in [0.25, 0.3) is 0 Å². The summed E-state index contributed by atoms with van der Waals surface area (Å²) >= 11 is 11.5. The molecule has 3 rings (SSSR count). The van der Waals surface area contributed by atoms with Crippen LogP contribution in [-0.2, 0) is 6.42 Å². The normalized spacial score (nSPS) is 19.4. The van der Waals surface area contributed by atoms with E-state index < -0.39 is 0 Å². The van der Waals surface area contributed by atoms with Crippen LogP contribution in [-0.4, -0.2) is 0 Å². The molecule has 2 atom stereocenters. The fraction of sp³-hybridized carbons (Fsp3) is 0.333. The van der Waals surface area contributed by atoms with Gasteiger partial charge in [-0.25, -0.2) is 0 Å². The summed E-state index contributed by atoms with van der Waals surface area (Å²) in [6.45, 7) is 2.21. The van der Waals surface area contributed by atoms with E-state index in [0.717, 1.165) is 15.2 Å². The predicted molar refractivity (Wildman–Crippen MR) is 86.1 cm³/mol. The summed E-state index contributed by atoms with van der Waals surface area (Å²) in [5, 5.41) is 3.72. The van der Waals surface area contributed by atoms with Crippen LogP contribution in [0.15, 0.2) is 34.8 Å². The molecule has 1 aliphatic carbocycles. The van der Waals surface area contributed by atoms with Crippen LogP contribution in [0.2, 0.25) is 4.34 Å². The van der Waals surface area contributed by atoms with E-state index in [1.807, 2.05) is 6.07 Å². The zero-order valence-electron chi connectivity index (χ0n) is 10.6. The Balaban J connectivity index is 1.78. The van der Waals surface area contributed by atoms with Crippen LogP contribution in [0.4, 0.5) is 0 Å². The maximum Gasteiger partial charge on any atom is 0.0934 e. The second-order valence-electron chi connectivity index (χ2n) is 4.93. The van der Waals surface area contributed by atoms with Crippen molar-refractivity contribution in [2.45, 2.75) is 31.8 Å². The molecule has 19 heavy (non-hydrogen) atoms. The molecule has 2 unspecified atom stereocenters. The molecule has 0 aliphatic heterocycles. The summed E-state index contributed by atoms with van der Waals surface area (Å²) in [6.07, 6.45) is 2.32. The van der Waals surface area contributed by atoms with Crippen molar-refractivity contribution >= 4 is 38.9 Å². The molecule has 0 spiro atoms. The van der Waals surface area contributed by atoms with Gasteiger partial charge in [0.1, 0.15) is 0 Å². The van der Waals surface area contributed by atoms with Crippen LogP contribution in [0.3, 0.4) is 0 Å². The van der Waals surface area contributed by atoms with Gasteiger partial charge in [0.05, 0.1) is 4.34 Å². The molecule has 0 amide bonds. The van der Waals surface area contributed by atoms with Gasteiger partial charge in [0, 0.05) is 21.4 Å². The number of aryl methyl sites for hydroxylation is 1. The zero-order chi connectivity index (χ0) is 13.4. The first-order valence-electron chi connectivity index (χ1n) is 6.43. The number of rotatable bonds is 3. The minimum absolute atomic E-state index is 0.324. The van der Waals surface area contributed by atoms with Gasteiger partial charge in [-0.2, -0.15) is 0 Å². The van der Waals surface area contributed by atoms with Gasteiger partial charge in [-0.3, -0.25) is 0 Å². The molecule has 0 saturated carbocycles. The summed E-state index contributed by atoms with van der Waals surface area (Å²) in [6, 6.07) is 11.3. The van der Waals surface area contributed by atoms with E-state index in [-0.39, 0.29) is 0 Å². The SMILES string of the molecule is CC(NC1CCc2sc(Cl)cc21)c1ccccc1Br. The van der Waals surface area contributed by atoms with Crippen LogP contribution in [0.1, 0.15) is 41.4 Å². The molecule has 1 aromatic heterocycles. The summed E-state index contributed by atoms with van der Waals surface area (Å²) in [5.41, 5.74) is 2.70. The summed E-state index contributed by atoms with van der Waals surface area (Å²) in [5.74, 6) is 0. The molecule has 1 heterocycles. The molecule has 0 fully saturated rings. The second-order valence-corrected chi connectivity index (χ2v) is 7.55. The lowest BCUT2D eigenvalue weighted by molar-refractivity contribution is 0.464. The number of hydrogen-bond acceptors (Lipinski definition) is 2. The van der Waals surface area contributed by atoms with Gasteiger partial charge >= 0.3 is 0 Å². The average Bonchev–Trinajstić information content (AvgIpc) is 2.90. The van der Waals surface area contributed by atoms with E-state index in [4.69, 9.17) is 11.6 Å². The van der Waals surface area contributed by atoms with Gasteiger partial charge in [-0.15, -0.1) is 11.3 Å². The molecule has 1 aliphatic rings. The van der Waals surface area contributed by atoms with E-state index in [2.05, 4.69) is 52.4 Å². The number of thiophene rings is 1. The Kier molecular flexibility index (Phi) is 3.99. The topological polar surface area (TPSA) is 12.0 Å². The predicted octanol–water partition coefficient (Wildman–Crippen LogP) is 5.50. The third kappa shape index (κ3) is 2.75. The van der Waals surface area contributed by atoms with Crippen molar-refractivity contribution in [3.63, 3.8) is 0 Å². The van der Waals surface area contributed by atoms with Crippen molar-refractivity contribution in [1.82, 2.24) is 5.32 Å². The van der Waals surface area contributed by atoms with Gasteiger partial charge in [-0.1, -0.05) is 45.7 Å². The van der Waals surface area contributed by atoms with E-state index in [0.29, 0.717) is 12.1 Å². The Morgan fingerprint density at radius 3 is 3.00 bits per heavy atom. The lowest BCUT2D eigenvalue weighted by Crippen LogP contribution is -2.23. The summed E-state index contributed by atoms with van der Waals surface area (Å²) in [7, 11) is 0. The highest BCUT2D eigenvalue weighted by Crippen LogP contribution is 2.40. The maximum absolute atomic E-state index is 6.11. The van der Waals surface area contributed by atoms with Gasteiger partial charge in [0.15, 0.2) is 0 Å². The first-order chi connectivity index (χ1) is 9.15.